The number of rotatable bonds is 13. The molecule has 0 atom stereocenters. The zero-order chi connectivity index (χ0) is 28.6. The second-order valence-electron chi connectivity index (χ2n) is 9.42. The Balaban J connectivity index is 1.91. The molecule has 0 saturated heterocycles. The number of hydrogen-bond acceptors (Lipinski definition) is 7. The number of benzene rings is 2. The van der Waals surface area contributed by atoms with Gasteiger partial charge in [0.25, 0.3) is 0 Å². The predicted octanol–water partition coefficient (Wildman–Crippen LogP) is 1.82. The zero-order valence-electron chi connectivity index (χ0n) is 23.1. The Morgan fingerprint density at radius 1 is 1.03 bits per heavy atom. The Morgan fingerprint density at radius 2 is 1.66 bits per heavy atom. The second-order valence-corrected chi connectivity index (χ2v) is 11.4. The van der Waals surface area contributed by atoms with Crippen LogP contribution in [0.4, 0.5) is 10.1 Å². The number of ether oxygens (including phenoxy) is 1. The molecule has 0 radical (unpaired) electrons. The van der Waals surface area contributed by atoms with Gasteiger partial charge in [-0.1, -0.05) is 6.07 Å². The van der Waals surface area contributed by atoms with Gasteiger partial charge in [0.2, 0.25) is 21.8 Å². The van der Waals surface area contributed by atoms with Gasteiger partial charge in [-0.15, -0.1) is 0 Å². The van der Waals surface area contributed by atoms with Gasteiger partial charge < -0.3 is 25.2 Å². The van der Waals surface area contributed by atoms with Crippen LogP contribution in [0.1, 0.15) is 16.7 Å². The molecule has 0 spiro atoms. The highest BCUT2D eigenvalue weighted by molar-refractivity contribution is 7.89. The van der Waals surface area contributed by atoms with Gasteiger partial charge in [0.05, 0.1) is 30.8 Å². The molecular weight excluding hydrogens is 513 g/mol. The van der Waals surface area contributed by atoms with Crippen LogP contribution in [0, 0.1) is 19.7 Å². The molecule has 2 rings (SSSR count). The lowest BCUT2D eigenvalue weighted by molar-refractivity contribution is -0.132. The minimum atomic E-state index is -3.96. The Hall–Kier alpha value is -3.22. The van der Waals surface area contributed by atoms with Gasteiger partial charge in [0.15, 0.2) is 0 Å². The summed E-state index contributed by atoms with van der Waals surface area (Å²) in [6.07, 6.45) is 0. The number of halogens is 1. The largest absolute Gasteiger partial charge is 0.497 e. The van der Waals surface area contributed by atoms with Crippen LogP contribution in [-0.4, -0.2) is 95.8 Å². The molecule has 0 fully saturated rings. The topological polar surface area (TPSA) is 111 Å². The number of likely N-dealkylation sites (N-methyl/N-ethyl adjacent to an activating group) is 3. The van der Waals surface area contributed by atoms with Crippen molar-refractivity contribution in [1.82, 2.24) is 19.4 Å². The van der Waals surface area contributed by atoms with Crippen LogP contribution in [0.25, 0.3) is 0 Å². The SMILES string of the molecule is COc1cc(C)c(S(=O)(=O)N(C)CC(=O)NCC(=O)N(C)Cc2ccc(NCCN(C)C)c(F)c2)c(C)c1. The molecule has 12 heteroatoms. The highest BCUT2D eigenvalue weighted by atomic mass is 32.2. The summed E-state index contributed by atoms with van der Waals surface area (Å²) in [4.78, 5) is 28.4. The van der Waals surface area contributed by atoms with E-state index in [9.17, 15) is 22.4 Å². The van der Waals surface area contributed by atoms with Crippen molar-refractivity contribution >= 4 is 27.5 Å². The summed E-state index contributed by atoms with van der Waals surface area (Å²) in [6.45, 7) is 4.03. The highest BCUT2D eigenvalue weighted by Gasteiger charge is 2.27. The second kappa shape index (κ2) is 13.5. The number of carbonyl (C=O) groups excluding carboxylic acids is 2. The Labute approximate surface area is 224 Å². The number of nitrogens with zero attached hydrogens (tertiary/aromatic N) is 3. The van der Waals surface area contributed by atoms with Crippen molar-refractivity contribution in [2.45, 2.75) is 25.3 Å². The van der Waals surface area contributed by atoms with Crippen LogP contribution in [-0.2, 0) is 26.2 Å². The summed E-state index contributed by atoms with van der Waals surface area (Å²) in [7, 11) is 4.25. The van der Waals surface area contributed by atoms with E-state index in [1.54, 1.807) is 45.2 Å². The molecule has 0 bridgehead atoms. The Morgan fingerprint density at radius 3 is 2.21 bits per heavy atom. The lowest BCUT2D eigenvalue weighted by Crippen LogP contribution is -2.43. The van der Waals surface area contributed by atoms with Crippen molar-refractivity contribution in [2.24, 2.45) is 0 Å². The number of hydrogen-bond donors (Lipinski definition) is 2. The molecule has 2 aromatic carbocycles. The summed E-state index contributed by atoms with van der Waals surface area (Å²) < 4.78 is 46.7. The van der Waals surface area contributed by atoms with E-state index in [-0.39, 0.29) is 18.0 Å². The van der Waals surface area contributed by atoms with Gasteiger partial charge >= 0.3 is 0 Å². The monoisotopic (exact) mass is 551 g/mol. The normalized spacial score (nSPS) is 11.5. The standard InChI is InChI=1S/C26H38FN5O5S/c1-18-12-21(37-7)13-19(2)26(18)38(35,36)32(6)17-24(33)29-15-25(34)31(5)16-20-8-9-23(22(27)14-20)28-10-11-30(3)4/h8-9,12-14,28H,10-11,15-17H2,1-7H3,(H,29,33). The molecule has 2 amide bonds. The van der Waals surface area contributed by atoms with Crippen molar-refractivity contribution in [3.05, 3.63) is 52.8 Å². The van der Waals surface area contributed by atoms with E-state index in [1.807, 2.05) is 19.0 Å². The number of methoxy groups -OCH3 is 1. The molecule has 0 unspecified atom stereocenters. The average molecular weight is 552 g/mol. The minimum Gasteiger partial charge on any atom is -0.497 e. The van der Waals surface area contributed by atoms with Gasteiger partial charge in [-0.25, -0.2) is 12.8 Å². The molecule has 210 valence electrons. The molecule has 0 aromatic heterocycles. The highest BCUT2D eigenvalue weighted by Crippen LogP contribution is 2.27. The van der Waals surface area contributed by atoms with Crippen molar-refractivity contribution in [3.63, 3.8) is 0 Å². The first-order valence-corrected chi connectivity index (χ1v) is 13.5. The maximum atomic E-state index is 14.4. The Kier molecular flexibility index (Phi) is 11.0. The van der Waals surface area contributed by atoms with E-state index < -0.39 is 34.2 Å². The van der Waals surface area contributed by atoms with E-state index in [1.165, 1.54) is 25.1 Å². The van der Waals surface area contributed by atoms with Gasteiger partial charge in [-0.05, 0) is 68.9 Å². The zero-order valence-corrected chi connectivity index (χ0v) is 23.9. The molecule has 0 aliphatic heterocycles. The van der Waals surface area contributed by atoms with Crippen LogP contribution in [0.15, 0.2) is 35.2 Å². The number of amides is 2. The number of carbonyl (C=O) groups is 2. The quantitative estimate of drug-likeness (QED) is 0.391. The third-order valence-electron chi connectivity index (χ3n) is 5.89. The molecule has 2 aromatic rings. The van der Waals surface area contributed by atoms with Gasteiger partial charge in [-0.2, -0.15) is 4.31 Å². The third kappa shape index (κ3) is 8.40. The average Bonchev–Trinajstić information content (AvgIpc) is 2.82. The van der Waals surface area contributed by atoms with E-state index >= 15 is 0 Å². The summed E-state index contributed by atoms with van der Waals surface area (Å²) >= 11 is 0. The maximum Gasteiger partial charge on any atom is 0.243 e. The van der Waals surface area contributed by atoms with E-state index in [4.69, 9.17) is 4.74 Å². The minimum absolute atomic E-state index is 0.107. The van der Waals surface area contributed by atoms with Crippen LogP contribution in [0.5, 0.6) is 5.75 Å². The maximum absolute atomic E-state index is 14.4. The fourth-order valence-corrected chi connectivity index (χ4v) is 5.35. The number of nitrogens with one attached hydrogen (secondary N) is 2. The molecule has 38 heavy (non-hydrogen) atoms. The van der Waals surface area contributed by atoms with Gasteiger partial charge in [-0.3, -0.25) is 9.59 Å². The summed E-state index contributed by atoms with van der Waals surface area (Å²) in [5.74, 6) is -0.903. The lowest BCUT2D eigenvalue weighted by atomic mass is 10.1. The number of aryl methyl sites for hydroxylation is 2. The van der Waals surface area contributed by atoms with Gasteiger partial charge in [0.1, 0.15) is 11.6 Å². The number of sulfonamides is 1. The first kappa shape index (κ1) is 31.0. The lowest BCUT2D eigenvalue weighted by Gasteiger charge is -2.21. The van der Waals surface area contributed by atoms with Crippen molar-refractivity contribution in [3.8, 4) is 5.75 Å². The molecule has 0 aliphatic carbocycles. The van der Waals surface area contributed by atoms with Gasteiger partial charge in [0, 0.05) is 33.7 Å². The first-order chi connectivity index (χ1) is 17.8. The van der Waals surface area contributed by atoms with Crippen LogP contribution in [0.2, 0.25) is 0 Å². The third-order valence-corrected chi connectivity index (χ3v) is 8.00. The molecular formula is C26H38FN5O5S. The van der Waals surface area contributed by atoms with Crippen molar-refractivity contribution in [2.75, 3.05) is 66.8 Å². The summed E-state index contributed by atoms with van der Waals surface area (Å²) in [6, 6.07) is 7.95. The fraction of sp³-hybridized carbons (Fsp3) is 0.462. The van der Waals surface area contributed by atoms with E-state index in [2.05, 4.69) is 10.6 Å². The molecule has 2 N–H and O–H groups in total. The van der Waals surface area contributed by atoms with Crippen LogP contribution >= 0.6 is 0 Å². The fourth-order valence-electron chi connectivity index (χ4n) is 3.82. The van der Waals surface area contributed by atoms with Crippen LogP contribution < -0.4 is 15.4 Å². The van der Waals surface area contributed by atoms with E-state index in [0.29, 0.717) is 34.7 Å². The molecule has 0 heterocycles. The summed E-state index contributed by atoms with van der Waals surface area (Å²) in [5, 5.41) is 5.49. The molecule has 0 saturated carbocycles. The predicted molar refractivity (Wildman–Crippen MR) is 145 cm³/mol. The van der Waals surface area contributed by atoms with Crippen molar-refractivity contribution < 1.29 is 27.1 Å². The molecule has 0 aliphatic rings. The molecule has 10 nitrogen and oxygen atoms in total. The number of anilines is 1. The first-order valence-electron chi connectivity index (χ1n) is 12.1. The Bertz CT molecular complexity index is 1230. The summed E-state index contributed by atoms with van der Waals surface area (Å²) in [5.41, 5.74) is 1.98. The van der Waals surface area contributed by atoms with Crippen LogP contribution in [0.3, 0.4) is 0 Å². The van der Waals surface area contributed by atoms with E-state index in [0.717, 1.165) is 10.8 Å². The smallest absolute Gasteiger partial charge is 0.243 e. The van der Waals surface area contributed by atoms with Crippen molar-refractivity contribution in [1.29, 1.82) is 0 Å².